The van der Waals surface area contributed by atoms with E-state index in [1.807, 2.05) is 0 Å². The SMILES string of the molecule is O=C1NC(=O)N(c2ccc(Cl)c(Cl)c2)C(=O)/C1=C/c1cc(Cl)c(OS(=O)(=O)c2ccccc2)c(Cl)c1. The first-order valence-corrected chi connectivity index (χ1v) is 12.7. The lowest BCUT2D eigenvalue weighted by Gasteiger charge is -2.26. The summed E-state index contributed by atoms with van der Waals surface area (Å²) in [5, 5.41) is 1.97. The van der Waals surface area contributed by atoms with E-state index in [0.29, 0.717) is 4.90 Å². The predicted octanol–water partition coefficient (Wildman–Crippen LogP) is 5.73. The first-order valence-electron chi connectivity index (χ1n) is 9.83. The number of halogens is 4. The van der Waals surface area contributed by atoms with Gasteiger partial charge in [0.2, 0.25) is 0 Å². The van der Waals surface area contributed by atoms with Gasteiger partial charge in [0.25, 0.3) is 11.8 Å². The fraction of sp³-hybridized carbons (Fsp3) is 0. The molecule has 0 spiro atoms. The molecule has 0 saturated carbocycles. The zero-order valence-electron chi connectivity index (χ0n) is 17.7. The average Bonchev–Trinajstić information content (AvgIpc) is 2.82. The number of urea groups is 1. The van der Waals surface area contributed by atoms with Crippen LogP contribution < -0.4 is 14.4 Å². The normalized spacial score (nSPS) is 15.3. The van der Waals surface area contributed by atoms with E-state index in [-0.39, 0.29) is 42.0 Å². The maximum absolute atomic E-state index is 13.1. The van der Waals surface area contributed by atoms with Crippen molar-refractivity contribution in [2.24, 2.45) is 0 Å². The molecule has 1 N–H and O–H groups in total. The quantitative estimate of drug-likeness (QED) is 0.232. The summed E-state index contributed by atoms with van der Waals surface area (Å²) in [5.74, 6) is -2.24. The van der Waals surface area contributed by atoms with Crippen LogP contribution in [0.25, 0.3) is 6.08 Å². The molecule has 184 valence electrons. The van der Waals surface area contributed by atoms with E-state index < -0.39 is 33.5 Å². The van der Waals surface area contributed by atoms with Gasteiger partial charge in [0.15, 0.2) is 5.75 Å². The van der Waals surface area contributed by atoms with Crippen LogP contribution in [0.15, 0.2) is 71.1 Å². The molecule has 3 aromatic carbocycles. The van der Waals surface area contributed by atoms with Crippen molar-refractivity contribution < 1.29 is 27.0 Å². The van der Waals surface area contributed by atoms with Crippen LogP contribution >= 0.6 is 46.4 Å². The van der Waals surface area contributed by atoms with Crippen LogP contribution in [-0.4, -0.2) is 26.3 Å². The van der Waals surface area contributed by atoms with Crippen molar-refractivity contribution in [3.63, 3.8) is 0 Å². The smallest absolute Gasteiger partial charge is 0.339 e. The number of amides is 4. The Balaban J connectivity index is 1.68. The Labute approximate surface area is 225 Å². The molecule has 3 aromatic rings. The number of carbonyl (C=O) groups is 3. The monoisotopic (exact) mass is 584 g/mol. The minimum absolute atomic E-state index is 0.0798. The molecular formula is C23H12Cl4N2O6S. The Hall–Kier alpha value is -3.08. The summed E-state index contributed by atoms with van der Waals surface area (Å²) in [4.78, 5) is 38.5. The molecule has 8 nitrogen and oxygen atoms in total. The Bertz CT molecular complexity index is 1540. The van der Waals surface area contributed by atoms with E-state index >= 15 is 0 Å². The van der Waals surface area contributed by atoms with Crippen molar-refractivity contribution in [1.29, 1.82) is 0 Å². The minimum Gasteiger partial charge on any atom is -0.376 e. The number of hydrogen-bond donors (Lipinski definition) is 1. The van der Waals surface area contributed by atoms with Crippen molar-refractivity contribution in [3.05, 3.63) is 91.9 Å². The zero-order valence-corrected chi connectivity index (χ0v) is 21.5. The molecule has 0 radical (unpaired) electrons. The van der Waals surface area contributed by atoms with Crippen LogP contribution in [0.2, 0.25) is 20.1 Å². The van der Waals surface area contributed by atoms with Crippen molar-refractivity contribution in [1.82, 2.24) is 5.32 Å². The first kappa shape index (κ1) is 26.0. The lowest BCUT2D eigenvalue weighted by molar-refractivity contribution is -0.122. The molecule has 0 unspecified atom stereocenters. The lowest BCUT2D eigenvalue weighted by Crippen LogP contribution is -2.54. The van der Waals surface area contributed by atoms with Crippen molar-refractivity contribution in [2.75, 3.05) is 4.90 Å². The molecule has 4 rings (SSSR count). The topological polar surface area (TPSA) is 110 Å². The summed E-state index contributed by atoms with van der Waals surface area (Å²) in [6, 6.07) is 12.9. The predicted molar refractivity (Wildman–Crippen MR) is 136 cm³/mol. The number of carbonyl (C=O) groups excluding carboxylic acids is 3. The van der Waals surface area contributed by atoms with Crippen LogP contribution in [0.1, 0.15) is 5.56 Å². The Morgan fingerprint density at radius 1 is 0.806 bits per heavy atom. The van der Waals surface area contributed by atoms with Gasteiger partial charge in [-0.3, -0.25) is 14.9 Å². The van der Waals surface area contributed by atoms with Crippen molar-refractivity contribution in [2.45, 2.75) is 4.90 Å². The summed E-state index contributed by atoms with van der Waals surface area (Å²) >= 11 is 24.3. The number of nitrogens with zero attached hydrogens (tertiary/aromatic N) is 1. The highest BCUT2D eigenvalue weighted by atomic mass is 35.5. The number of rotatable bonds is 5. The fourth-order valence-corrected chi connectivity index (χ4v) is 5.12. The molecule has 0 bridgehead atoms. The second-order valence-corrected chi connectivity index (χ2v) is 10.4. The lowest BCUT2D eigenvalue weighted by atomic mass is 10.1. The van der Waals surface area contributed by atoms with Gasteiger partial charge in [0.05, 0.1) is 25.8 Å². The van der Waals surface area contributed by atoms with E-state index in [1.54, 1.807) is 6.07 Å². The standard InChI is InChI=1S/C23H12Cl4N2O6S/c24-16-7-6-13(11-17(16)25)29-22(31)15(21(30)28-23(29)32)8-12-9-18(26)20(19(27)10-12)35-36(33,34)14-4-2-1-3-5-14/h1-11H,(H,28,30,32)/b15-8+. The van der Waals surface area contributed by atoms with Gasteiger partial charge in [-0.25, -0.2) is 9.69 Å². The molecule has 4 amide bonds. The molecule has 0 aliphatic carbocycles. The van der Waals surface area contributed by atoms with E-state index in [9.17, 15) is 22.8 Å². The summed E-state index contributed by atoms with van der Waals surface area (Å²) in [6.07, 6.45) is 1.14. The minimum atomic E-state index is -4.23. The average molecular weight is 586 g/mol. The van der Waals surface area contributed by atoms with Gasteiger partial charge in [-0.05, 0) is 54.1 Å². The van der Waals surface area contributed by atoms with E-state index in [0.717, 1.165) is 6.08 Å². The van der Waals surface area contributed by atoms with Crippen LogP contribution in [0.3, 0.4) is 0 Å². The molecule has 1 heterocycles. The zero-order chi connectivity index (χ0) is 26.2. The van der Waals surface area contributed by atoms with Gasteiger partial charge < -0.3 is 4.18 Å². The Morgan fingerprint density at radius 2 is 1.44 bits per heavy atom. The second kappa shape index (κ2) is 10.1. The summed E-state index contributed by atoms with van der Waals surface area (Å²) in [5.41, 5.74) is -0.175. The number of anilines is 1. The van der Waals surface area contributed by atoms with E-state index in [4.69, 9.17) is 50.6 Å². The summed E-state index contributed by atoms with van der Waals surface area (Å²) < 4.78 is 30.2. The number of nitrogens with one attached hydrogen (secondary N) is 1. The fourth-order valence-electron chi connectivity index (χ4n) is 3.17. The third kappa shape index (κ3) is 5.21. The van der Waals surface area contributed by atoms with Gasteiger partial charge in [-0.15, -0.1) is 0 Å². The molecule has 1 aliphatic heterocycles. The maximum Gasteiger partial charge on any atom is 0.339 e. The summed E-state index contributed by atoms with van der Waals surface area (Å²) in [6.45, 7) is 0. The molecule has 13 heteroatoms. The van der Waals surface area contributed by atoms with Crippen LogP contribution in [0.5, 0.6) is 5.75 Å². The third-order valence-corrected chi connectivity index (χ3v) is 7.36. The van der Waals surface area contributed by atoms with E-state index in [2.05, 4.69) is 5.32 Å². The highest BCUT2D eigenvalue weighted by Gasteiger charge is 2.37. The highest BCUT2D eigenvalue weighted by Crippen LogP contribution is 2.37. The van der Waals surface area contributed by atoms with Crippen molar-refractivity contribution in [3.8, 4) is 5.75 Å². The summed E-state index contributed by atoms with van der Waals surface area (Å²) in [7, 11) is -4.23. The van der Waals surface area contributed by atoms with Crippen LogP contribution in [0.4, 0.5) is 10.5 Å². The molecule has 1 fully saturated rings. The Morgan fingerprint density at radius 3 is 2.06 bits per heavy atom. The van der Waals surface area contributed by atoms with Crippen LogP contribution in [-0.2, 0) is 19.7 Å². The van der Waals surface area contributed by atoms with Crippen molar-refractivity contribution >= 4 is 86.1 Å². The first-order chi connectivity index (χ1) is 17.0. The number of barbiturate groups is 1. The maximum atomic E-state index is 13.1. The van der Waals surface area contributed by atoms with E-state index in [1.165, 1.54) is 54.6 Å². The van der Waals surface area contributed by atoms with Crippen LogP contribution in [0, 0.1) is 0 Å². The largest absolute Gasteiger partial charge is 0.376 e. The molecular weight excluding hydrogens is 574 g/mol. The molecule has 0 atom stereocenters. The second-order valence-electron chi connectivity index (χ2n) is 7.22. The van der Waals surface area contributed by atoms with Gasteiger partial charge >= 0.3 is 16.1 Å². The highest BCUT2D eigenvalue weighted by molar-refractivity contribution is 7.87. The number of benzene rings is 3. The van der Waals surface area contributed by atoms with Gasteiger partial charge in [0, 0.05) is 0 Å². The number of hydrogen-bond acceptors (Lipinski definition) is 6. The van der Waals surface area contributed by atoms with Gasteiger partial charge in [-0.2, -0.15) is 8.42 Å². The molecule has 0 aromatic heterocycles. The number of imide groups is 2. The molecule has 1 saturated heterocycles. The molecule has 1 aliphatic rings. The molecule has 36 heavy (non-hydrogen) atoms. The van der Waals surface area contributed by atoms with Gasteiger partial charge in [-0.1, -0.05) is 64.6 Å². The van der Waals surface area contributed by atoms with Gasteiger partial charge in [0.1, 0.15) is 10.5 Å². The Kier molecular flexibility index (Phi) is 7.31. The third-order valence-electron chi connectivity index (χ3n) is 4.82.